The van der Waals surface area contributed by atoms with Gasteiger partial charge in [-0.25, -0.2) is 27.9 Å². The Kier molecular flexibility index (Phi) is 4.40. The van der Waals surface area contributed by atoms with E-state index in [0.717, 1.165) is 22.9 Å². The molecule has 3 aromatic heterocycles. The molecule has 9 nitrogen and oxygen atoms in total. The molecule has 0 amide bonds. The zero-order valence-electron chi connectivity index (χ0n) is 15.2. The summed E-state index contributed by atoms with van der Waals surface area (Å²) in [5, 5.41) is 7.50. The second-order valence-electron chi connectivity index (χ2n) is 6.30. The van der Waals surface area contributed by atoms with E-state index in [9.17, 15) is 8.42 Å². The van der Waals surface area contributed by atoms with Gasteiger partial charge in [-0.15, -0.1) is 0 Å². The van der Waals surface area contributed by atoms with Crippen LogP contribution in [0.4, 0.5) is 17.2 Å². The van der Waals surface area contributed by atoms with Gasteiger partial charge in [-0.2, -0.15) is 5.10 Å². The molecule has 0 aliphatic carbocycles. The fourth-order valence-corrected chi connectivity index (χ4v) is 3.36. The fourth-order valence-electron chi connectivity index (χ4n) is 2.74. The summed E-state index contributed by atoms with van der Waals surface area (Å²) in [6, 6.07) is 7.20. The first-order chi connectivity index (χ1) is 13.4. The van der Waals surface area contributed by atoms with Gasteiger partial charge < -0.3 is 5.32 Å². The summed E-state index contributed by atoms with van der Waals surface area (Å²) in [7, 11) is -3.36. The minimum atomic E-state index is -3.36. The van der Waals surface area contributed by atoms with E-state index in [0.29, 0.717) is 22.8 Å². The number of anilines is 3. The molecule has 0 spiro atoms. The topological polar surface area (TPSA) is 114 Å². The minimum absolute atomic E-state index is 0.514. The molecule has 0 saturated carbocycles. The van der Waals surface area contributed by atoms with Gasteiger partial charge in [0.1, 0.15) is 12.1 Å². The first-order valence-corrected chi connectivity index (χ1v) is 10.2. The zero-order chi connectivity index (χ0) is 19.7. The van der Waals surface area contributed by atoms with Gasteiger partial charge in [-0.05, 0) is 30.7 Å². The molecule has 1 aromatic carbocycles. The second kappa shape index (κ2) is 6.89. The lowest BCUT2D eigenvalue weighted by atomic mass is 10.2. The summed E-state index contributed by atoms with van der Waals surface area (Å²) in [4.78, 5) is 12.7. The Labute approximate surface area is 161 Å². The number of benzene rings is 1. The second-order valence-corrected chi connectivity index (χ2v) is 8.04. The molecule has 0 atom stereocenters. The fraction of sp³-hybridized carbons (Fsp3) is 0.111. The van der Waals surface area contributed by atoms with E-state index in [1.807, 2.05) is 19.1 Å². The van der Waals surface area contributed by atoms with E-state index in [2.05, 4.69) is 30.1 Å². The smallest absolute Gasteiger partial charge is 0.229 e. The Bertz CT molecular complexity index is 1250. The van der Waals surface area contributed by atoms with Gasteiger partial charge in [0.2, 0.25) is 10.0 Å². The van der Waals surface area contributed by atoms with Crippen molar-refractivity contribution in [3.05, 3.63) is 60.9 Å². The minimum Gasteiger partial charge on any atom is -0.340 e. The molecule has 4 aromatic rings. The summed E-state index contributed by atoms with van der Waals surface area (Å²) in [6.07, 6.45) is 9.50. The van der Waals surface area contributed by atoms with Crippen molar-refractivity contribution in [1.82, 2.24) is 24.6 Å². The number of rotatable bonds is 5. The van der Waals surface area contributed by atoms with E-state index >= 15 is 0 Å². The highest BCUT2D eigenvalue weighted by Gasteiger charge is 2.11. The van der Waals surface area contributed by atoms with Crippen LogP contribution in [0.5, 0.6) is 0 Å². The maximum absolute atomic E-state index is 11.5. The molecule has 0 aliphatic heterocycles. The lowest BCUT2D eigenvalue weighted by molar-refractivity contribution is 0.607. The van der Waals surface area contributed by atoms with Crippen molar-refractivity contribution in [1.29, 1.82) is 0 Å². The molecule has 3 heterocycles. The lowest BCUT2D eigenvalue weighted by Crippen LogP contribution is -2.10. The third kappa shape index (κ3) is 3.76. The molecular formula is C18H17N7O2S. The molecule has 28 heavy (non-hydrogen) atoms. The largest absolute Gasteiger partial charge is 0.340 e. The van der Waals surface area contributed by atoms with Gasteiger partial charge in [0, 0.05) is 35.4 Å². The quantitative estimate of drug-likeness (QED) is 0.534. The summed E-state index contributed by atoms with van der Waals surface area (Å²) in [6.45, 7) is 1.84. The van der Waals surface area contributed by atoms with Gasteiger partial charge in [-0.3, -0.25) is 4.72 Å². The van der Waals surface area contributed by atoms with Crippen LogP contribution in [0.25, 0.3) is 16.8 Å². The maximum atomic E-state index is 11.5. The van der Waals surface area contributed by atoms with Crippen LogP contribution >= 0.6 is 0 Å². The van der Waals surface area contributed by atoms with Crippen LogP contribution in [0.15, 0.2) is 55.4 Å². The molecule has 0 radical (unpaired) electrons. The number of aryl methyl sites for hydroxylation is 1. The van der Waals surface area contributed by atoms with E-state index in [-0.39, 0.29) is 0 Å². The van der Waals surface area contributed by atoms with Crippen LogP contribution in [-0.2, 0) is 10.0 Å². The van der Waals surface area contributed by atoms with Crippen LogP contribution < -0.4 is 10.0 Å². The zero-order valence-corrected chi connectivity index (χ0v) is 16.0. The third-order valence-electron chi connectivity index (χ3n) is 4.05. The van der Waals surface area contributed by atoms with Crippen molar-refractivity contribution in [3.8, 4) is 11.1 Å². The number of aromatic nitrogens is 5. The highest BCUT2D eigenvalue weighted by molar-refractivity contribution is 7.92. The maximum Gasteiger partial charge on any atom is 0.229 e. The Morgan fingerprint density at radius 3 is 2.61 bits per heavy atom. The normalized spacial score (nSPS) is 11.5. The summed E-state index contributed by atoms with van der Waals surface area (Å²) >= 11 is 0. The van der Waals surface area contributed by atoms with Crippen molar-refractivity contribution in [2.45, 2.75) is 6.92 Å². The van der Waals surface area contributed by atoms with Gasteiger partial charge in [0.25, 0.3) is 0 Å². The molecule has 0 aliphatic rings. The van der Waals surface area contributed by atoms with Crippen LogP contribution in [0, 0.1) is 6.92 Å². The highest BCUT2D eigenvalue weighted by atomic mass is 32.2. The molecule has 0 fully saturated rings. The molecule has 0 saturated heterocycles. The Morgan fingerprint density at radius 2 is 1.86 bits per heavy atom. The first kappa shape index (κ1) is 17.9. The van der Waals surface area contributed by atoms with Crippen molar-refractivity contribution >= 4 is 32.9 Å². The van der Waals surface area contributed by atoms with Crippen molar-refractivity contribution in [3.63, 3.8) is 0 Å². The molecule has 0 bridgehead atoms. The number of hydrogen-bond donors (Lipinski definition) is 2. The monoisotopic (exact) mass is 395 g/mol. The number of nitrogens with one attached hydrogen (secondary N) is 2. The number of sulfonamides is 1. The summed E-state index contributed by atoms with van der Waals surface area (Å²) in [5.74, 6) is 0.597. The van der Waals surface area contributed by atoms with E-state index < -0.39 is 10.0 Å². The van der Waals surface area contributed by atoms with Gasteiger partial charge in [0.15, 0.2) is 5.65 Å². The Balaban J connectivity index is 1.68. The average Bonchev–Trinajstić information content (AvgIpc) is 3.07. The highest BCUT2D eigenvalue weighted by Crippen LogP contribution is 2.26. The number of fused-ring (bicyclic) bond motifs is 1. The molecule has 0 unspecified atom stereocenters. The predicted octanol–water partition coefficient (Wildman–Crippen LogP) is 2.61. The van der Waals surface area contributed by atoms with Crippen LogP contribution in [-0.4, -0.2) is 39.2 Å². The molecule has 142 valence electrons. The summed E-state index contributed by atoms with van der Waals surface area (Å²) < 4.78 is 27.3. The molecular weight excluding hydrogens is 378 g/mol. The third-order valence-corrected chi connectivity index (χ3v) is 4.64. The van der Waals surface area contributed by atoms with Crippen LogP contribution in [0.3, 0.4) is 0 Å². The van der Waals surface area contributed by atoms with Crippen molar-refractivity contribution in [2.75, 3.05) is 16.3 Å². The Morgan fingerprint density at radius 1 is 1.07 bits per heavy atom. The SMILES string of the molecule is Cc1ccc(Nc2ccn3ncc(-c4cncnc4)c3n2)cc1NS(C)(=O)=O. The standard InChI is InChI=1S/C18H17N7O2S/c1-12-3-4-14(7-16(12)24-28(2,26)27)22-17-5-6-25-18(23-17)15(10-21-25)13-8-19-11-20-9-13/h3-11,24H,1-2H3,(H,22,23). The van der Waals surface area contributed by atoms with Crippen molar-refractivity contribution in [2.24, 2.45) is 0 Å². The van der Waals surface area contributed by atoms with Crippen LogP contribution in [0.1, 0.15) is 5.56 Å². The molecule has 2 N–H and O–H groups in total. The van der Waals surface area contributed by atoms with E-state index in [1.54, 1.807) is 41.4 Å². The number of hydrogen-bond acceptors (Lipinski definition) is 7. The van der Waals surface area contributed by atoms with E-state index in [4.69, 9.17) is 0 Å². The Hall–Kier alpha value is -3.53. The van der Waals surface area contributed by atoms with Gasteiger partial charge in [-0.1, -0.05) is 6.07 Å². The molecule has 10 heteroatoms. The van der Waals surface area contributed by atoms with Gasteiger partial charge >= 0.3 is 0 Å². The molecule has 4 rings (SSSR count). The predicted molar refractivity (Wildman–Crippen MR) is 107 cm³/mol. The first-order valence-electron chi connectivity index (χ1n) is 8.34. The van der Waals surface area contributed by atoms with Crippen molar-refractivity contribution < 1.29 is 8.42 Å². The van der Waals surface area contributed by atoms with Crippen LogP contribution in [0.2, 0.25) is 0 Å². The summed E-state index contributed by atoms with van der Waals surface area (Å²) in [5.41, 5.74) is 4.32. The van der Waals surface area contributed by atoms with Gasteiger partial charge in [0.05, 0.1) is 18.1 Å². The number of nitrogens with zero attached hydrogens (tertiary/aromatic N) is 5. The van der Waals surface area contributed by atoms with E-state index in [1.165, 1.54) is 6.33 Å². The average molecular weight is 395 g/mol. The lowest BCUT2D eigenvalue weighted by Gasteiger charge is -2.11.